The minimum Gasteiger partial charge on any atom is -0.396 e. The lowest BCUT2D eigenvalue weighted by atomic mass is 9.78. The second-order valence-corrected chi connectivity index (χ2v) is 3.40. The largest absolute Gasteiger partial charge is 0.396 e. The second-order valence-electron chi connectivity index (χ2n) is 3.40. The van der Waals surface area contributed by atoms with Gasteiger partial charge in [-0.05, 0) is 18.3 Å². The van der Waals surface area contributed by atoms with Gasteiger partial charge in [0.25, 0.3) is 0 Å². The summed E-state index contributed by atoms with van der Waals surface area (Å²) in [6.45, 7) is 2.65. The molecule has 0 radical (unpaired) electrons. The number of hydrogen-bond donors (Lipinski definition) is 1. The smallest absolute Gasteiger partial charge is 0.0461 e. The van der Waals surface area contributed by atoms with Crippen molar-refractivity contribution in [3.63, 3.8) is 0 Å². The van der Waals surface area contributed by atoms with Crippen molar-refractivity contribution in [2.24, 2.45) is 11.8 Å². The summed E-state index contributed by atoms with van der Waals surface area (Å²) in [4.78, 5) is 0. The quantitative estimate of drug-likeness (QED) is 0.626. The van der Waals surface area contributed by atoms with Crippen molar-refractivity contribution in [1.29, 1.82) is 0 Å². The van der Waals surface area contributed by atoms with Crippen molar-refractivity contribution in [1.82, 2.24) is 0 Å². The minimum atomic E-state index is 0.415. The van der Waals surface area contributed by atoms with Gasteiger partial charge in [-0.25, -0.2) is 0 Å². The molecule has 1 heteroatoms. The van der Waals surface area contributed by atoms with Crippen LogP contribution in [0.2, 0.25) is 0 Å². The maximum absolute atomic E-state index is 8.99. The van der Waals surface area contributed by atoms with E-state index < -0.39 is 0 Å². The van der Waals surface area contributed by atoms with Crippen LogP contribution in [0.15, 0.2) is 0 Å². The van der Waals surface area contributed by atoms with Gasteiger partial charge in [-0.1, -0.05) is 32.6 Å². The first-order valence-electron chi connectivity index (χ1n) is 4.49. The summed E-state index contributed by atoms with van der Waals surface area (Å²) in [5, 5.41) is 8.99. The molecule has 0 bridgehead atoms. The van der Waals surface area contributed by atoms with Crippen LogP contribution < -0.4 is 0 Å². The molecule has 0 aromatic heterocycles. The zero-order chi connectivity index (χ0) is 7.40. The van der Waals surface area contributed by atoms with Crippen molar-refractivity contribution in [2.75, 3.05) is 6.61 Å². The zero-order valence-corrected chi connectivity index (χ0v) is 6.84. The van der Waals surface area contributed by atoms with Gasteiger partial charge in [-0.3, -0.25) is 0 Å². The third-order valence-corrected chi connectivity index (χ3v) is 2.83. The van der Waals surface area contributed by atoms with E-state index in [1.165, 1.54) is 32.1 Å². The summed E-state index contributed by atoms with van der Waals surface area (Å²) in [6, 6.07) is 0. The Bertz CT molecular complexity index is 78.7. The average Bonchev–Trinajstić information content (AvgIpc) is 2.04. The third kappa shape index (κ3) is 1.72. The van der Waals surface area contributed by atoms with Crippen molar-refractivity contribution in [3.8, 4) is 0 Å². The Kier molecular flexibility index (Phi) is 3.20. The van der Waals surface area contributed by atoms with Crippen molar-refractivity contribution in [2.45, 2.75) is 39.0 Å². The summed E-state index contributed by atoms with van der Waals surface area (Å²) in [6.07, 6.45) is 6.58. The fraction of sp³-hybridized carbons (Fsp3) is 1.00. The molecule has 1 saturated carbocycles. The molecule has 2 atom stereocenters. The number of aliphatic hydroxyl groups excluding tert-OH is 1. The Balaban J connectivity index is 2.34. The highest BCUT2D eigenvalue weighted by molar-refractivity contribution is 4.73. The van der Waals surface area contributed by atoms with Crippen molar-refractivity contribution >= 4 is 0 Å². The molecule has 0 saturated heterocycles. The average molecular weight is 142 g/mol. The van der Waals surface area contributed by atoms with Crippen LogP contribution in [0.3, 0.4) is 0 Å². The van der Waals surface area contributed by atoms with E-state index in [0.717, 1.165) is 5.92 Å². The van der Waals surface area contributed by atoms with Crippen LogP contribution in [0.5, 0.6) is 0 Å². The van der Waals surface area contributed by atoms with E-state index in [9.17, 15) is 0 Å². The molecule has 1 aliphatic carbocycles. The molecule has 1 aliphatic rings. The Morgan fingerprint density at radius 3 is 2.20 bits per heavy atom. The minimum absolute atomic E-state index is 0.415. The van der Waals surface area contributed by atoms with E-state index in [2.05, 4.69) is 6.92 Å². The van der Waals surface area contributed by atoms with Crippen LogP contribution >= 0.6 is 0 Å². The van der Waals surface area contributed by atoms with Gasteiger partial charge in [-0.15, -0.1) is 0 Å². The van der Waals surface area contributed by atoms with E-state index in [-0.39, 0.29) is 0 Å². The van der Waals surface area contributed by atoms with Crippen LogP contribution in [-0.2, 0) is 0 Å². The standard InChI is InChI=1S/C9H18O/c1-2-8-5-3-4-6-9(8)7-10/h8-10H,2-7H2,1H3/t8-,9-/m1/s1. The fourth-order valence-corrected chi connectivity index (χ4v) is 2.06. The molecule has 0 aromatic rings. The lowest BCUT2D eigenvalue weighted by molar-refractivity contribution is 0.132. The van der Waals surface area contributed by atoms with E-state index in [0.29, 0.717) is 12.5 Å². The van der Waals surface area contributed by atoms with E-state index in [1.807, 2.05) is 0 Å². The predicted molar refractivity (Wildman–Crippen MR) is 42.8 cm³/mol. The van der Waals surface area contributed by atoms with Crippen molar-refractivity contribution < 1.29 is 5.11 Å². The SMILES string of the molecule is CC[C@@H]1CCCC[C@@H]1CO. The van der Waals surface area contributed by atoms with Crippen LogP contribution in [0, 0.1) is 11.8 Å². The Morgan fingerprint density at radius 2 is 1.80 bits per heavy atom. The summed E-state index contributed by atoms with van der Waals surface area (Å²) >= 11 is 0. The topological polar surface area (TPSA) is 20.2 Å². The molecule has 60 valence electrons. The molecular formula is C9H18O. The maximum Gasteiger partial charge on any atom is 0.0461 e. The summed E-state index contributed by atoms with van der Waals surface area (Å²) in [5.41, 5.74) is 0. The summed E-state index contributed by atoms with van der Waals surface area (Å²) in [5.74, 6) is 1.44. The molecule has 0 spiro atoms. The molecule has 0 aliphatic heterocycles. The molecule has 1 nitrogen and oxygen atoms in total. The fourth-order valence-electron chi connectivity index (χ4n) is 2.06. The monoisotopic (exact) mass is 142 g/mol. The molecule has 1 fully saturated rings. The lowest BCUT2D eigenvalue weighted by Gasteiger charge is -2.28. The highest BCUT2D eigenvalue weighted by Gasteiger charge is 2.22. The molecule has 0 amide bonds. The third-order valence-electron chi connectivity index (χ3n) is 2.83. The van der Waals surface area contributed by atoms with Gasteiger partial charge in [0.15, 0.2) is 0 Å². The highest BCUT2D eigenvalue weighted by Crippen LogP contribution is 2.31. The molecule has 10 heavy (non-hydrogen) atoms. The highest BCUT2D eigenvalue weighted by atomic mass is 16.3. The van der Waals surface area contributed by atoms with Gasteiger partial charge >= 0.3 is 0 Å². The van der Waals surface area contributed by atoms with Gasteiger partial charge in [-0.2, -0.15) is 0 Å². The molecule has 0 aromatic carbocycles. The lowest BCUT2D eigenvalue weighted by Crippen LogP contribution is -2.21. The van der Waals surface area contributed by atoms with Gasteiger partial charge in [0, 0.05) is 6.61 Å². The van der Waals surface area contributed by atoms with Gasteiger partial charge in [0.2, 0.25) is 0 Å². The number of aliphatic hydroxyl groups is 1. The molecule has 1 rings (SSSR count). The van der Waals surface area contributed by atoms with E-state index in [1.54, 1.807) is 0 Å². The number of rotatable bonds is 2. The molecular weight excluding hydrogens is 124 g/mol. The Hall–Kier alpha value is -0.0400. The summed E-state index contributed by atoms with van der Waals surface area (Å²) in [7, 11) is 0. The first-order chi connectivity index (χ1) is 4.88. The first-order valence-corrected chi connectivity index (χ1v) is 4.49. The van der Waals surface area contributed by atoms with E-state index in [4.69, 9.17) is 5.11 Å². The predicted octanol–water partition coefficient (Wildman–Crippen LogP) is 2.20. The zero-order valence-electron chi connectivity index (χ0n) is 6.84. The Morgan fingerprint density at radius 1 is 1.20 bits per heavy atom. The number of hydrogen-bond acceptors (Lipinski definition) is 1. The van der Waals surface area contributed by atoms with Gasteiger partial charge in [0.05, 0.1) is 0 Å². The molecule has 1 N–H and O–H groups in total. The Labute approximate surface area is 63.4 Å². The van der Waals surface area contributed by atoms with Crippen LogP contribution in [0.25, 0.3) is 0 Å². The van der Waals surface area contributed by atoms with Crippen LogP contribution in [-0.4, -0.2) is 11.7 Å². The van der Waals surface area contributed by atoms with Gasteiger partial charge in [0.1, 0.15) is 0 Å². The van der Waals surface area contributed by atoms with E-state index >= 15 is 0 Å². The van der Waals surface area contributed by atoms with Crippen LogP contribution in [0.1, 0.15) is 39.0 Å². The maximum atomic E-state index is 8.99. The normalized spacial score (nSPS) is 34.2. The van der Waals surface area contributed by atoms with Crippen LogP contribution in [0.4, 0.5) is 0 Å². The summed E-state index contributed by atoms with van der Waals surface area (Å²) < 4.78 is 0. The molecule has 0 heterocycles. The van der Waals surface area contributed by atoms with Crippen molar-refractivity contribution in [3.05, 3.63) is 0 Å². The van der Waals surface area contributed by atoms with Gasteiger partial charge < -0.3 is 5.11 Å². The second kappa shape index (κ2) is 3.97. The molecule has 0 unspecified atom stereocenters. The first kappa shape index (κ1) is 8.06.